The number of aromatic amines is 1. The van der Waals surface area contributed by atoms with E-state index in [1.54, 1.807) is 6.07 Å². The summed E-state index contributed by atoms with van der Waals surface area (Å²) >= 11 is 6.22. The van der Waals surface area contributed by atoms with Gasteiger partial charge in [-0.2, -0.15) is 4.39 Å². The van der Waals surface area contributed by atoms with Crippen LogP contribution in [0.25, 0.3) is 16.5 Å². The van der Waals surface area contributed by atoms with E-state index in [4.69, 9.17) is 21.1 Å². The van der Waals surface area contributed by atoms with Gasteiger partial charge in [0.2, 0.25) is 5.82 Å². The van der Waals surface area contributed by atoms with Crippen LogP contribution in [0, 0.1) is 33.1 Å². The number of nitro benzene ring substituents is 1. The predicted octanol–water partition coefficient (Wildman–Crippen LogP) is 9.54. The highest BCUT2D eigenvalue weighted by molar-refractivity contribution is 7.90. The smallest absolute Gasteiger partial charge is 0.293 e. The molecule has 8 rings (SSSR count). The van der Waals surface area contributed by atoms with Crippen LogP contribution in [0.2, 0.25) is 5.02 Å². The van der Waals surface area contributed by atoms with E-state index in [-0.39, 0.29) is 33.8 Å². The Labute approximate surface area is 369 Å². The van der Waals surface area contributed by atoms with Gasteiger partial charge in [0.05, 0.1) is 20.9 Å². The maximum atomic E-state index is 15.5. The van der Waals surface area contributed by atoms with Gasteiger partial charge in [0.1, 0.15) is 11.4 Å². The predicted molar refractivity (Wildman–Crippen MR) is 239 cm³/mol. The summed E-state index contributed by atoms with van der Waals surface area (Å²) in [6.45, 7) is 9.68. The minimum absolute atomic E-state index is 0.0672. The molecular weight excluding hydrogens is 854 g/mol. The Bertz CT molecular complexity index is 2680. The van der Waals surface area contributed by atoms with Gasteiger partial charge in [0, 0.05) is 86.9 Å². The SMILES string of the molecule is CC1(C)CCC(CN2CCN(c3ccc(C(=O)NS(=O)(=O)c4ccc(NCC5CCOCC5)c([N+](=O)[O-])c4)c(Oc4cc5cc[nH]c5c(F)c4F)c3)CC2)=C(c2ccc(Cl)cc2)C1. The molecule has 4 aromatic carbocycles. The molecule has 3 heterocycles. The molecule has 0 atom stereocenters. The molecule has 332 valence electrons. The number of halogens is 3. The Morgan fingerprint density at radius 2 is 1.73 bits per heavy atom. The van der Waals surface area contributed by atoms with E-state index in [0.29, 0.717) is 48.9 Å². The third-order valence-corrected chi connectivity index (χ3v) is 13.9. The molecule has 13 nitrogen and oxygen atoms in total. The summed E-state index contributed by atoms with van der Waals surface area (Å²) in [5.41, 5.74) is 4.05. The van der Waals surface area contributed by atoms with Crippen molar-refractivity contribution in [3.63, 3.8) is 0 Å². The number of hydrogen-bond donors (Lipinski definition) is 3. The molecule has 0 unspecified atom stereocenters. The van der Waals surface area contributed by atoms with E-state index in [1.165, 1.54) is 59.3 Å². The van der Waals surface area contributed by atoms with Crippen LogP contribution in [0.4, 0.5) is 25.8 Å². The maximum Gasteiger partial charge on any atom is 0.293 e. The maximum absolute atomic E-state index is 15.5. The Morgan fingerprint density at radius 3 is 2.46 bits per heavy atom. The first-order valence-corrected chi connectivity index (χ1v) is 22.9. The fourth-order valence-corrected chi connectivity index (χ4v) is 9.72. The number of amides is 1. The molecule has 1 aliphatic carbocycles. The van der Waals surface area contributed by atoms with E-state index in [9.17, 15) is 23.3 Å². The van der Waals surface area contributed by atoms with Crippen molar-refractivity contribution in [3.05, 3.63) is 122 Å². The molecule has 0 spiro atoms. The van der Waals surface area contributed by atoms with Crippen LogP contribution >= 0.6 is 11.6 Å². The average molecular weight is 903 g/mol. The topological polar surface area (TPSA) is 159 Å². The summed E-state index contributed by atoms with van der Waals surface area (Å²) in [4.78, 5) is 31.9. The van der Waals surface area contributed by atoms with Gasteiger partial charge >= 0.3 is 0 Å². The Kier molecular flexibility index (Phi) is 12.8. The zero-order valence-electron chi connectivity index (χ0n) is 35.0. The number of carbonyl (C=O) groups is 1. The van der Waals surface area contributed by atoms with Gasteiger partial charge in [0.15, 0.2) is 11.6 Å². The summed E-state index contributed by atoms with van der Waals surface area (Å²) in [6.07, 6.45) is 6.07. The van der Waals surface area contributed by atoms with Crippen molar-refractivity contribution in [3.8, 4) is 11.5 Å². The Morgan fingerprint density at radius 1 is 0.984 bits per heavy atom. The monoisotopic (exact) mass is 902 g/mol. The van der Waals surface area contributed by atoms with Crippen molar-refractivity contribution in [2.24, 2.45) is 11.3 Å². The fourth-order valence-electron chi connectivity index (χ4n) is 8.60. The van der Waals surface area contributed by atoms with Crippen LogP contribution in [0.1, 0.15) is 61.9 Å². The number of sulfonamides is 1. The van der Waals surface area contributed by atoms with Crippen LogP contribution in [-0.2, 0) is 14.8 Å². The highest BCUT2D eigenvalue weighted by Gasteiger charge is 2.31. The summed E-state index contributed by atoms with van der Waals surface area (Å²) < 4.78 is 71.3. The van der Waals surface area contributed by atoms with Crippen molar-refractivity contribution >= 4 is 61.1 Å². The normalized spacial score (nSPS) is 17.5. The standard InChI is InChI=1S/C46H49ClF2N6O7S/c1-46(2)15-11-32(37(26-46)30-3-5-33(47)6-4-30)28-53-17-19-54(20-18-53)34-7-9-36(40(24-34)62-41-23-31-12-16-50-44(31)43(49)42(41)48)45(56)52-63(59,60)35-8-10-38(39(25-35)55(57)58)51-27-29-13-21-61-22-14-29/h3-10,12,16,23-25,29,50-51H,11,13-15,17-22,26-28H2,1-2H3,(H,52,56). The van der Waals surface area contributed by atoms with Gasteiger partial charge in [-0.05, 0) is 103 Å². The number of nitrogens with zero attached hydrogens (tertiary/aromatic N) is 3. The summed E-state index contributed by atoms with van der Waals surface area (Å²) in [6, 6.07) is 18.7. The first-order valence-electron chi connectivity index (χ1n) is 21.0. The average Bonchev–Trinajstić information content (AvgIpc) is 3.75. The zero-order chi connectivity index (χ0) is 44.5. The molecule has 17 heteroatoms. The van der Waals surface area contributed by atoms with Crippen molar-refractivity contribution < 1.29 is 36.4 Å². The Balaban J connectivity index is 1.03. The second-order valence-corrected chi connectivity index (χ2v) is 19.3. The number of nitrogens with one attached hydrogen (secondary N) is 3. The summed E-state index contributed by atoms with van der Waals surface area (Å²) in [5, 5.41) is 16.1. The van der Waals surface area contributed by atoms with Crippen molar-refractivity contribution in [1.29, 1.82) is 0 Å². The quantitative estimate of drug-likeness (QED) is 0.0768. The summed E-state index contributed by atoms with van der Waals surface area (Å²) in [7, 11) is -4.69. The highest BCUT2D eigenvalue weighted by atomic mass is 35.5. The molecule has 0 radical (unpaired) electrons. The molecule has 2 saturated heterocycles. The molecule has 2 fully saturated rings. The van der Waals surface area contributed by atoms with Gasteiger partial charge < -0.3 is 24.7 Å². The molecule has 1 aromatic heterocycles. The molecule has 2 aliphatic heterocycles. The number of rotatable bonds is 13. The van der Waals surface area contributed by atoms with E-state index < -0.39 is 48.8 Å². The lowest BCUT2D eigenvalue weighted by Gasteiger charge is -2.39. The lowest BCUT2D eigenvalue weighted by molar-refractivity contribution is -0.384. The number of H-pyrrole nitrogens is 1. The minimum Gasteiger partial charge on any atom is -0.453 e. The number of carbonyl (C=O) groups excluding carboxylic acids is 1. The van der Waals surface area contributed by atoms with Gasteiger partial charge in [-0.15, -0.1) is 0 Å². The number of allylic oxidation sites excluding steroid dienone is 1. The largest absolute Gasteiger partial charge is 0.453 e. The molecule has 0 saturated carbocycles. The molecule has 3 aliphatic rings. The van der Waals surface area contributed by atoms with Crippen LogP contribution < -0.4 is 19.7 Å². The van der Waals surface area contributed by atoms with Gasteiger partial charge in [-0.3, -0.25) is 19.8 Å². The highest BCUT2D eigenvalue weighted by Crippen LogP contribution is 2.44. The molecule has 3 N–H and O–H groups in total. The second-order valence-electron chi connectivity index (χ2n) is 17.2. The number of ether oxygens (including phenoxy) is 2. The van der Waals surface area contributed by atoms with Crippen LogP contribution in [-0.4, -0.2) is 81.6 Å². The van der Waals surface area contributed by atoms with Crippen LogP contribution in [0.15, 0.2) is 89.5 Å². The Hall–Kier alpha value is -5.55. The van der Waals surface area contributed by atoms with Crippen LogP contribution in [0.3, 0.4) is 0 Å². The molecule has 1 amide bonds. The van der Waals surface area contributed by atoms with Crippen molar-refractivity contribution in [2.45, 2.75) is 50.8 Å². The number of hydrogen-bond acceptors (Lipinski definition) is 10. The molecular formula is C46H49ClF2N6O7S. The van der Waals surface area contributed by atoms with Crippen LogP contribution in [0.5, 0.6) is 11.5 Å². The number of fused-ring (bicyclic) bond motifs is 1. The number of piperazine rings is 1. The third-order valence-electron chi connectivity index (χ3n) is 12.3. The number of benzene rings is 4. The van der Waals surface area contributed by atoms with Gasteiger partial charge in [-0.25, -0.2) is 17.5 Å². The number of nitro groups is 1. The van der Waals surface area contributed by atoms with Crippen molar-refractivity contribution in [1.82, 2.24) is 14.6 Å². The molecule has 5 aromatic rings. The van der Waals surface area contributed by atoms with Crippen molar-refractivity contribution in [2.75, 3.05) is 62.7 Å². The number of aromatic nitrogens is 1. The van der Waals surface area contributed by atoms with E-state index in [2.05, 4.69) is 46.1 Å². The first-order chi connectivity index (χ1) is 30.1. The lowest BCUT2D eigenvalue weighted by Crippen LogP contribution is -2.47. The number of anilines is 2. The van der Waals surface area contributed by atoms with E-state index >= 15 is 8.78 Å². The van der Waals surface area contributed by atoms with E-state index in [0.717, 1.165) is 57.8 Å². The molecule has 63 heavy (non-hydrogen) atoms. The fraction of sp³-hybridized carbons (Fsp3) is 0.370. The minimum atomic E-state index is -4.69. The van der Waals surface area contributed by atoms with Gasteiger partial charge in [-0.1, -0.05) is 43.2 Å². The van der Waals surface area contributed by atoms with E-state index in [1.807, 2.05) is 16.9 Å². The molecule has 0 bridgehead atoms. The second kappa shape index (κ2) is 18.3. The first kappa shape index (κ1) is 44.1. The van der Waals surface area contributed by atoms with Gasteiger partial charge in [0.25, 0.3) is 21.6 Å². The summed E-state index contributed by atoms with van der Waals surface area (Å²) in [5.74, 6) is -4.14. The lowest BCUT2D eigenvalue weighted by atomic mass is 9.72. The third kappa shape index (κ3) is 9.99. The zero-order valence-corrected chi connectivity index (χ0v) is 36.6.